The molecule has 0 aliphatic heterocycles. The van der Waals surface area contributed by atoms with Crippen LogP contribution >= 0.6 is 11.3 Å². The van der Waals surface area contributed by atoms with Crippen LogP contribution in [0.5, 0.6) is 5.75 Å². The highest BCUT2D eigenvalue weighted by molar-refractivity contribution is 7.09. The molecule has 0 aliphatic carbocycles. The molecule has 0 saturated carbocycles. The summed E-state index contributed by atoms with van der Waals surface area (Å²) >= 11 is 1.54. The second-order valence-corrected chi connectivity index (χ2v) is 7.01. The average molecular weight is 389 g/mol. The molecule has 4 N–H and O–H groups in total. The van der Waals surface area contributed by atoms with Gasteiger partial charge in [0.15, 0.2) is 0 Å². The number of nitrogens with two attached hydrogens (primary N) is 1. The van der Waals surface area contributed by atoms with Crippen LogP contribution < -0.4 is 15.8 Å². The summed E-state index contributed by atoms with van der Waals surface area (Å²) in [5.41, 5.74) is 8.55. The Morgan fingerprint density at radius 1 is 1.41 bits per heavy atom. The standard InChI is InChI=1S/C18H19N3O5S/c1-9-16(18(24)21-13(6-22)17(19)23)12-5-11(3-4-15(12)26-9)25-7-14-10(2)27-8-20-14/h3-5,8,13,22H,6-7H2,1-2H3,(H2,19,23)(H,21,24). The number of aliphatic hydroxyl groups excluding tert-OH is 1. The molecule has 142 valence electrons. The Labute approximate surface area is 158 Å². The first-order chi connectivity index (χ1) is 12.9. The summed E-state index contributed by atoms with van der Waals surface area (Å²) in [6, 6.07) is 3.98. The third-order valence-corrected chi connectivity index (χ3v) is 4.91. The summed E-state index contributed by atoms with van der Waals surface area (Å²) in [7, 11) is 0. The fourth-order valence-corrected chi connectivity index (χ4v) is 3.21. The van der Waals surface area contributed by atoms with Crippen LogP contribution in [-0.4, -0.2) is 34.6 Å². The first-order valence-electron chi connectivity index (χ1n) is 8.16. The largest absolute Gasteiger partial charge is 0.487 e. The molecule has 8 nitrogen and oxygen atoms in total. The predicted octanol–water partition coefficient (Wildman–Crippen LogP) is 1.66. The summed E-state index contributed by atoms with van der Waals surface area (Å²) in [4.78, 5) is 29.2. The SMILES string of the molecule is Cc1oc2ccc(OCc3ncsc3C)cc2c1C(=O)NC(CO)C(N)=O. The van der Waals surface area contributed by atoms with Crippen molar-refractivity contribution < 1.29 is 23.8 Å². The number of fused-ring (bicyclic) bond motifs is 1. The molecular formula is C18H19N3O5S. The number of hydrogen-bond donors (Lipinski definition) is 3. The summed E-state index contributed by atoms with van der Waals surface area (Å²) in [5.74, 6) is -0.440. The number of aliphatic hydroxyl groups is 1. The van der Waals surface area contributed by atoms with Crippen LogP contribution in [0.2, 0.25) is 0 Å². The molecule has 0 saturated heterocycles. The number of hydrogen-bond acceptors (Lipinski definition) is 7. The van der Waals surface area contributed by atoms with Gasteiger partial charge in [-0.15, -0.1) is 11.3 Å². The van der Waals surface area contributed by atoms with E-state index in [0.717, 1.165) is 10.6 Å². The molecule has 27 heavy (non-hydrogen) atoms. The Morgan fingerprint density at radius 3 is 2.81 bits per heavy atom. The number of amides is 2. The quantitative estimate of drug-likeness (QED) is 0.564. The zero-order valence-corrected chi connectivity index (χ0v) is 15.6. The molecular weight excluding hydrogens is 370 g/mol. The van der Waals surface area contributed by atoms with Gasteiger partial charge in [-0.1, -0.05) is 0 Å². The van der Waals surface area contributed by atoms with Gasteiger partial charge >= 0.3 is 0 Å². The number of benzene rings is 1. The van der Waals surface area contributed by atoms with E-state index in [1.54, 1.807) is 42.0 Å². The van der Waals surface area contributed by atoms with Gasteiger partial charge in [-0.05, 0) is 32.0 Å². The minimum absolute atomic E-state index is 0.264. The third-order valence-electron chi connectivity index (χ3n) is 4.11. The number of primary amides is 1. The summed E-state index contributed by atoms with van der Waals surface area (Å²) in [5, 5.41) is 12.1. The van der Waals surface area contributed by atoms with Gasteiger partial charge in [-0.25, -0.2) is 4.98 Å². The van der Waals surface area contributed by atoms with Crippen molar-refractivity contribution in [2.75, 3.05) is 6.61 Å². The smallest absolute Gasteiger partial charge is 0.256 e. The monoisotopic (exact) mass is 389 g/mol. The van der Waals surface area contributed by atoms with Gasteiger partial charge < -0.3 is 25.3 Å². The molecule has 2 amide bonds. The zero-order valence-electron chi connectivity index (χ0n) is 14.8. The predicted molar refractivity (Wildman–Crippen MR) is 99.7 cm³/mol. The highest BCUT2D eigenvalue weighted by Crippen LogP contribution is 2.29. The van der Waals surface area contributed by atoms with Crippen molar-refractivity contribution in [3.8, 4) is 5.75 Å². The Hall–Kier alpha value is -2.91. The molecule has 2 heterocycles. The van der Waals surface area contributed by atoms with Crippen molar-refractivity contribution in [2.45, 2.75) is 26.5 Å². The third kappa shape index (κ3) is 3.93. The molecule has 0 aliphatic rings. The van der Waals surface area contributed by atoms with Crippen molar-refractivity contribution >= 4 is 34.1 Å². The van der Waals surface area contributed by atoms with Gasteiger partial charge in [0.25, 0.3) is 5.91 Å². The number of furan rings is 1. The van der Waals surface area contributed by atoms with Crippen LogP contribution in [0.4, 0.5) is 0 Å². The maximum atomic E-state index is 12.6. The van der Waals surface area contributed by atoms with Crippen molar-refractivity contribution in [3.63, 3.8) is 0 Å². The Balaban J connectivity index is 1.87. The van der Waals surface area contributed by atoms with Gasteiger partial charge in [0, 0.05) is 10.3 Å². The van der Waals surface area contributed by atoms with Gasteiger partial charge in [0.2, 0.25) is 5.91 Å². The van der Waals surface area contributed by atoms with Gasteiger partial charge in [-0.2, -0.15) is 0 Å². The van der Waals surface area contributed by atoms with Crippen LogP contribution in [0.1, 0.15) is 26.7 Å². The summed E-state index contributed by atoms with van der Waals surface area (Å²) in [6.45, 7) is 3.34. The highest BCUT2D eigenvalue weighted by atomic mass is 32.1. The molecule has 3 aromatic rings. The molecule has 0 bridgehead atoms. The van der Waals surface area contributed by atoms with Gasteiger partial charge in [-0.3, -0.25) is 9.59 Å². The number of nitrogens with one attached hydrogen (secondary N) is 1. The summed E-state index contributed by atoms with van der Waals surface area (Å²) < 4.78 is 11.4. The van der Waals surface area contributed by atoms with Crippen molar-refractivity contribution in [1.29, 1.82) is 0 Å². The zero-order chi connectivity index (χ0) is 19.6. The van der Waals surface area contributed by atoms with E-state index in [-0.39, 0.29) is 5.56 Å². The lowest BCUT2D eigenvalue weighted by atomic mass is 10.1. The van der Waals surface area contributed by atoms with Crippen molar-refractivity contribution in [2.24, 2.45) is 5.73 Å². The topological polar surface area (TPSA) is 128 Å². The van der Waals surface area contributed by atoms with E-state index in [2.05, 4.69) is 10.3 Å². The number of carbonyl (C=O) groups excluding carboxylic acids is 2. The molecule has 2 aromatic heterocycles. The highest BCUT2D eigenvalue weighted by Gasteiger charge is 2.23. The second kappa shape index (κ2) is 7.77. The molecule has 0 fully saturated rings. The Morgan fingerprint density at radius 2 is 2.19 bits per heavy atom. The van der Waals surface area contributed by atoms with E-state index in [4.69, 9.17) is 14.9 Å². The lowest BCUT2D eigenvalue weighted by molar-refractivity contribution is -0.120. The summed E-state index contributed by atoms with van der Waals surface area (Å²) in [6.07, 6.45) is 0. The first-order valence-corrected chi connectivity index (χ1v) is 9.04. The molecule has 0 spiro atoms. The van der Waals surface area contributed by atoms with Crippen LogP contribution in [0, 0.1) is 13.8 Å². The number of nitrogens with zero attached hydrogens (tertiary/aromatic N) is 1. The number of carbonyl (C=O) groups is 2. The van der Waals surface area contributed by atoms with Crippen LogP contribution in [-0.2, 0) is 11.4 Å². The van der Waals surface area contributed by atoms with Crippen LogP contribution in [0.3, 0.4) is 0 Å². The lowest BCUT2D eigenvalue weighted by Gasteiger charge is -2.12. The van der Waals surface area contributed by atoms with E-state index >= 15 is 0 Å². The normalized spacial score (nSPS) is 12.1. The molecule has 1 aromatic carbocycles. The Kier molecular flexibility index (Phi) is 5.43. The fraction of sp³-hybridized carbons (Fsp3) is 0.278. The minimum Gasteiger partial charge on any atom is -0.487 e. The molecule has 3 rings (SSSR count). The van der Waals surface area contributed by atoms with Crippen molar-refractivity contribution in [3.05, 3.63) is 45.6 Å². The molecule has 1 unspecified atom stereocenters. The van der Waals surface area contributed by atoms with E-state index in [1.807, 2.05) is 6.92 Å². The maximum absolute atomic E-state index is 12.6. The van der Waals surface area contributed by atoms with Crippen LogP contribution in [0.15, 0.2) is 28.1 Å². The van der Waals surface area contributed by atoms with E-state index < -0.39 is 24.5 Å². The van der Waals surface area contributed by atoms with Crippen molar-refractivity contribution in [1.82, 2.24) is 10.3 Å². The maximum Gasteiger partial charge on any atom is 0.256 e. The van der Waals surface area contributed by atoms with Crippen LogP contribution in [0.25, 0.3) is 11.0 Å². The number of aromatic nitrogens is 1. The number of ether oxygens (including phenoxy) is 1. The first kappa shape index (κ1) is 18.9. The second-order valence-electron chi connectivity index (χ2n) is 5.95. The fourth-order valence-electron chi connectivity index (χ4n) is 2.63. The molecule has 0 radical (unpaired) electrons. The van der Waals surface area contributed by atoms with Gasteiger partial charge in [0.05, 0.1) is 23.4 Å². The lowest BCUT2D eigenvalue weighted by Crippen LogP contribution is -2.46. The number of aryl methyl sites for hydroxylation is 2. The molecule has 9 heteroatoms. The number of thiazole rings is 1. The van der Waals surface area contributed by atoms with E-state index in [0.29, 0.717) is 29.1 Å². The van der Waals surface area contributed by atoms with Gasteiger partial charge in [0.1, 0.15) is 29.7 Å². The number of rotatable bonds is 7. The molecule has 1 atom stereocenters. The Bertz CT molecular complexity index is 994. The van der Waals surface area contributed by atoms with E-state index in [1.165, 1.54) is 0 Å². The van der Waals surface area contributed by atoms with E-state index in [9.17, 15) is 14.7 Å². The minimum atomic E-state index is -1.17. The average Bonchev–Trinajstić information content (AvgIpc) is 3.18.